The van der Waals surface area contributed by atoms with E-state index >= 15 is 0 Å². The van der Waals surface area contributed by atoms with Gasteiger partial charge in [0.05, 0.1) is 23.6 Å². The van der Waals surface area contributed by atoms with E-state index in [0.29, 0.717) is 31.3 Å². The van der Waals surface area contributed by atoms with Crippen LogP contribution in [-0.2, 0) is 21.2 Å². The molecule has 0 aliphatic carbocycles. The van der Waals surface area contributed by atoms with Crippen LogP contribution in [0.25, 0.3) is 10.9 Å². The number of ether oxygens (including phenoxy) is 2. The van der Waals surface area contributed by atoms with Gasteiger partial charge in [0, 0.05) is 54.2 Å². The first-order valence-electron chi connectivity index (χ1n) is 12.4. The van der Waals surface area contributed by atoms with Crippen LogP contribution in [0.1, 0.15) is 31.0 Å². The van der Waals surface area contributed by atoms with Crippen molar-refractivity contribution in [3.63, 3.8) is 0 Å². The molecule has 5 rings (SSSR count). The van der Waals surface area contributed by atoms with Gasteiger partial charge in [-0.25, -0.2) is 18.1 Å². The van der Waals surface area contributed by atoms with E-state index in [1.807, 2.05) is 44.2 Å². The minimum Gasteiger partial charge on any atom is -0.439 e. The Morgan fingerprint density at radius 1 is 1.03 bits per heavy atom. The zero-order valence-electron chi connectivity index (χ0n) is 20.9. The quantitative estimate of drug-likeness (QED) is 0.356. The summed E-state index contributed by atoms with van der Waals surface area (Å²) in [6.45, 7) is 6.93. The Morgan fingerprint density at radius 2 is 1.86 bits per heavy atom. The topological polar surface area (TPSA) is 93.7 Å². The van der Waals surface area contributed by atoms with Crippen LogP contribution < -0.4 is 14.4 Å². The van der Waals surface area contributed by atoms with Gasteiger partial charge in [0.1, 0.15) is 5.75 Å². The molecular weight excluding hydrogens is 488 g/mol. The zero-order valence-corrected chi connectivity index (χ0v) is 21.7. The van der Waals surface area contributed by atoms with Crippen molar-refractivity contribution in [2.45, 2.75) is 31.2 Å². The smallest absolute Gasteiger partial charge is 0.241 e. The van der Waals surface area contributed by atoms with Crippen LogP contribution >= 0.6 is 0 Å². The van der Waals surface area contributed by atoms with Crippen molar-refractivity contribution in [2.75, 3.05) is 31.2 Å². The van der Waals surface area contributed by atoms with E-state index in [2.05, 4.69) is 25.7 Å². The number of benzene rings is 2. The van der Waals surface area contributed by atoms with Crippen molar-refractivity contribution in [3.05, 3.63) is 84.2 Å². The molecule has 1 N–H and O–H groups in total. The van der Waals surface area contributed by atoms with Crippen LogP contribution in [-0.4, -0.2) is 44.7 Å². The Balaban J connectivity index is 1.38. The monoisotopic (exact) mass is 518 g/mol. The van der Waals surface area contributed by atoms with Crippen LogP contribution in [0.3, 0.4) is 0 Å². The third-order valence-corrected chi connectivity index (χ3v) is 8.04. The zero-order chi connectivity index (χ0) is 25.8. The summed E-state index contributed by atoms with van der Waals surface area (Å²) >= 11 is 0. The third-order valence-electron chi connectivity index (χ3n) is 6.50. The molecule has 0 bridgehead atoms. The Bertz CT molecular complexity index is 1500. The van der Waals surface area contributed by atoms with E-state index < -0.39 is 16.1 Å². The second-order valence-corrected chi connectivity index (χ2v) is 10.7. The molecule has 1 atom stereocenters. The fourth-order valence-corrected chi connectivity index (χ4v) is 5.86. The largest absolute Gasteiger partial charge is 0.439 e. The lowest BCUT2D eigenvalue weighted by atomic mass is 10.0. The molecule has 2 aromatic carbocycles. The van der Waals surface area contributed by atoms with Crippen molar-refractivity contribution < 1.29 is 17.9 Å². The van der Waals surface area contributed by atoms with Crippen LogP contribution in [0.2, 0.25) is 0 Å². The van der Waals surface area contributed by atoms with Gasteiger partial charge in [-0.1, -0.05) is 19.1 Å². The third kappa shape index (κ3) is 5.58. The molecular formula is C28H30N4O4S. The lowest BCUT2D eigenvalue weighted by molar-refractivity contribution is 0.122. The van der Waals surface area contributed by atoms with Crippen molar-refractivity contribution in [2.24, 2.45) is 0 Å². The number of nitrogens with one attached hydrogen (secondary N) is 1. The summed E-state index contributed by atoms with van der Waals surface area (Å²) in [7, 11) is -3.77. The summed E-state index contributed by atoms with van der Waals surface area (Å²) in [5.41, 5.74) is 3.50. The minimum absolute atomic E-state index is 0.198. The molecule has 1 aliphatic heterocycles. The number of nitrogens with zero attached hydrogens (tertiary/aromatic N) is 3. The molecule has 0 amide bonds. The maximum atomic E-state index is 13.2. The molecule has 2 aromatic heterocycles. The Kier molecular flexibility index (Phi) is 7.36. The second-order valence-electron chi connectivity index (χ2n) is 8.94. The van der Waals surface area contributed by atoms with Crippen LogP contribution in [0.15, 0.2) is 78.0 Å². The van der Waals surface area contributed by atoms with Gasteiger partial charge in [-0.2, -0.15) is 0 Å². The van der Waals surface area contributed by atoms with Gasteiger partial charge in [-0.3, -0.25) is 4.98 Å². The highest BCUT2D eigenvalue weighted by Gasteiger charge is 2.22. The molecule has 3 heterocycles. The number of rotatable bonds is 8. The average Bonchev–Trinajstić information content (AvgIpc) is 2.93. The first-order chi connectivity index (χ1) is 17.9. The number of anilines is 1. The highest BCUT2D eigenvalue weighted by molar-refractivity contribution is 7.89. The van der Waals surface area contributed by atoms with Crippen molar-refractivity contribution in [1.29, 1.82) is 0 Å². The van der Waals surface area contributed by atoms with Gasteiger partial charge < -0.3 is 14.4 Å². The standard InChI is InChI=1S/C28H30N4O4S/c1-3-25-26(20(2)31-37(33,34)24-9-10-27-21(18-24)6-5-12-29-27)11-13-30-28(25)36-23-8-4-7-22(19-23)32-14-16-35-17-15-32/h4-13,18-20,31H,3,14-17H2,1-2H3. The molecule has 0 radical (unpaired) electrons. The number of fused-ring (bicyclic) bond motifs is 1. The molecule has 8 nitrogen and oxygen atoms in total. The Morgan fingerprint density at radius 3 is 2.68 bits per heavy atom. The van der Waals surface area contributed by atoms with E-state index in [0.717, 1.165) is 40.8 Å². The van der Waals surface area contributed by atoms with Crippen molar-refractivity contribution >= 4 is 26.6 Å². The molecule has 4 aromatic rings. The van der Waals surface area contributed by atoms with E-state index in [1.165, 1.54) is 0 Å². The maximum Gasteiger partial charge on any atom is 0.241 e. The van der Waals surface area contributed by atoms with Crippen molar-refractivity contribution in [1.82, 2.24) is 14.7 Å². The Labute approximate surface area is 217 Å². The van der Waals surface area contributed by atoms with E-state index in [9.17, 15) is 8.42 Å². The number of morpholine rings is 1. The molecule has 37 heavy (non-hydrogen) atoms. The molecule has 1 saturated heterocycles. The molecule has 192 valence electrons. The first kappa shape index (κ1) is 25.1. The molecule has 0 saturated carbocycles. The molecule has 1 unspecified atom stereocenters. The molecule has 1 aliphatic rings. The van der Waals surface area contributed by atoms with Gasteiger partial charge in [-0.05, 0) is 61.4 Å². The summed E-state index contributed by atoms with van der Waals surface area (Å²) < 4.78 is 41.0. The van der Waals surface area contributed by atoms with E-state index in [4.69, 9.17) is 9.47 Å². The highest BCUT2D eigenvalue weighted by Crippen LogP contribution is 2.32. The van der Waals surface area contributed by atoms with Gasteiger partial charge in [0.25, 0.3) is 0 Å². The molecule has 0 spiro atoms. The van der Waals surface area contributed by atoms with E-state index in [1.54, 1.807) is 36.7 Å². The van der Waals surface area contributed by atoms with Gasteiger partial charge in [0.2, 0.25) is 15.9 Å². The normalized spacial score (nSPS) is 15.0. The molecule has 1 fully saturated rings. The SMILES string of the molecule is CCc1c(C(C)NS(=O)(=O)c2ccc3ncccc3c2)ccnc1Oc1cccc(N2CCOCC2)c1. The number of aromatic nitrogens is 2. The fourth-order valence-electron chi connectivity index (χ4n) is 4.60. The number of sulfonamides is 1. The van der Waals surface area contributed by atoms with Gasteiger partial charge in [-0.15, -0.1) is 0 Å². The minimum atomic E-state index is -3.77. The lowest BCUT2D eigenvalue weighted by Crippen LogP contribution is -2.36. The maximum absolute atomic E-state index is 13.2. The number of hydrogen-bond donors (Lipinski definition) is 1. The summed E-state index contributed by atoms with van der Waals surface area (Å²) in [6.07, 6.45) is 3.97. The average molecular weight is 519 g/mol. The number of hydrogen-bond acceptors (Lipinski definition) is 7. The lowest BCUT2D eigenvalue weighted by Gasteiger charge is -2.29. The van der Waals surface area contributed by atoms with Crippen molar-refractivity contribution in [3.8, 4) is 11.6 Å². The van der Waals surface area contributed by atoms with Gasteiger partial charge in [0.15, 0.2) is 0 Å². The Hall–Kier alpha value is -3.53. The highest BCUT2D eigenvalue weighted by atomic mass is 32.2. The van der Waals surface area contributed by atoms with Crippen LogP contribution in [0.5, 0.6) is 11.6 Å². The van der Waals surface area contributed by atoms with Gasteiger partial charge >= 0.3 is 0 Å². The van der Waals surface area contributed by atoms with E-state index in [-0.39, 0.29) is 4.90 Å². The number of pyridine rings is 2. The van der Waals surface area contributed by atoms with Crippen LogP contribution in [0, 0.1) is 0 Å². The summed E-state index contributed by atoms with van der Waals surface area (Å²) in [5, 5.41) is 0.770. The summed E-state index contributed by atoms with van der Waals surface area (Å²) in [6, 6.07) is 17.8. The summed E-state index contributed by atoms with van der Waals surface area (Å²) in [5.74, 6) is 1.16. The predicted molar refractivity (Wildman–Crippen MR) is 144 cm³/mol. The summed E-state index contributed by atoms with van der Waals surface area (Å²) in [4.78, 5) is 11.2. The fraction of sp³-hybridized carbons (Fsp3) is 0.286. The predicted octanol–water partition coefficient (Wildman–Crippen LogP) is 4.86. The van der Waals surface area contributed by atoms with Crippen LogP contribution in [0.4, 0.5) is 5.69 Å². The molecule has 9 heteroatoms. The first-order valence-corrected chi connectivity index (χ1v) is 13.9. The second kappa shape index (κ2) is 10.8.